The average molecular weight is 258 g/mol. The van der Waals surface area contributed by atoms with Crippen molar-refractivity contribution in [3.63, 3.8) is 0 Å². The fraction of sp³-hybridized carbons (Fsp3) is 0.267. The van der Waals surface area contributed by atoms with E-state index in [1.807, 2.05) is 24.4 Å². The summed E-state index contributed by atoms with van der Waals surface area (Å²) in [5, 5.41) is 4.38. The first kappa shape index (κ1) is 13.1. The molecule has 1 aromatic carbocycles. The third-order valence-corrected chi connectivity index (χ3v) is 3.80. The van der Waals surface area contributed by atoms with Gasteiger partial charge in [0, 0.05) is 17.6 Å². The van der Waals surface area contributed by atoms with Crippen LogP contribution >= 0.6 is 11.8 Å². The second kappa shape index (κ2) is 6.57. The monoisotopic (exact) mass is 258 g/mol. The van der Waals surface area contributed by atoms with Crippen molar-refractivity contribution in [1.82, 2.24) is 10.3 Å². The molecule has 0 saturated carbocycles. The van der Waals surface area contributed by atoms with Crippen LogP contribution in [0.5, 0.6) is 0 Å². The predicted octanol–water partition coefficient (Wildman–Crippen LogP) is 3.65. The van der Waals surface area contributed by atoms with Crippen molar-refractivity contribution < 1.29 is 0 Å². The summed E-state index contributed by atoms with van der Waals surface area (Å²) in [6.45, 7) is 6.22. The molecule has 94 valence electrons. The molecule has 0 unspecified atom stereocenters. The minimum atomic E-state index is 0.936. The van der Waals surface area contributed by atoms with Crippen molar-refractivity contribution in [2.45, 2.75) is 30.3 Å². The lowest BCUT2D eigenvalue weighted by molar-refractivity contribution is 0.726. The molecule has 3 heteroatoms. The number of nitrogens with one attached hydrogen (secondary N) is 1. The third kappa shape index (κ3) is 3.59. The molecule has 18 heavy (non-hydrogen) atoms. The van der Waals surface area contributed by atoms with E-state index in [-0.39, 0.29) is 0 Å². The summed E-state index contributed by atoms with van der Waals surface area (Å²) in [5.41, 5.74) is 2.64. The molecule has 0 amide bonds. The van der Waals surface area contributed by atoms with Gasteiger partial charge in [-0.1, -0.05) is 36.9 Å². The minimum absolute atomic E-state index is 0.936. The lowest BCUT2D eigenvalue weighted by atomic mass is 10.1. The zero-order chi connectivity index (χ0) is 12.8. The van der Waals surface area contributed by atoms with Crippen LogP contribution in [0.25, 0.3) is 0 Å². The van der Waals surface area contributed by atoms with Gasteiger partial charge in [-0.05, 0) is 42.8 Å². The van der Waals surface area contributed by atoms with Crippen molar-refractivity contribution in [3.05, 3.63) is 53.7 Å². The van der Waals surface area contributed by atoms with E-state index in [0.717, 1.165) is 18.1 Å². The Morgan fingerprint density at radius 1 is 1.22 bits per heavy atom. The molecule has 0 aliphatic heterocycles. The summed E-state index contributed by atoms with van der Waals surface area (Å²) in [6, 6.07) is 12.6. The number of rotatable bonds is 5. The fourth-order valence-corrected chi connectivity index (χ4v) is 2.57. The van der Waals surface area contributed by atoms with Crippen LogP contribution < -0.4 is 5.32 Å². The molecule has 0 fully saturated rings. The molecule has 0 aliphatic carbocycles. The van der Waals surface area contributed by atoms with Crippen molar-refractivity contribution in [2.24, 2.45) is 0 Å². The molecule has 0 spiro atoms. The number of hydrogen-bond donors (Lipinski definition) is 1. The maximum absolute atomic E-state index is 4.34. The third-order valence-electron chi connectivity index (χ3n) is 2.67. The molecule has 2 aromatic rings. The summed E-state index contributed by atoms with van der Waals surface area (Å²) >= 11 is 1.72. The molecule has 2 rings (SSSR count). The van der Waals surface area contributed by atoms with E-state index >= 15 is 0 Å². The van der Waals surface area contributed by atoms with Crippen LogP contribution in [-0.2, 0) is 6.54 Å². The molecule has 1 heterocycles. The number of aryl methyl sites for hydroxylation is 1. The van der Waals surface area contributed by atoms with Crippen LogP contribution in [0, 0.1) is 6.92 Å². The maximum Gasteiger partial charge on any atom is 0.101 e. The summed E-state index contributed by atoms with van der Waals surface area (Å²) in [6.07, 6.45) is 1.83. The first-order valence-electron chi connectivity index (χ1n) is 6.18. The number of pyridine rings is 1. The molecular formula is C15H18N2S. The molecule has 0 atom stereocenters. The quantitative estimate of drug-likeness (QED) is 0.886. The van der Waals surface area contributed by atoms with E-state index in [2.05, 4.69) is 42.3 Å². The highest BCUT2D eigenvalue weighted by atomic mass is 32.2. The van der Waals surface area contributed by atoms with Gasteiger partial charge in [0.25, 0.3) is 0 Å². The number of nitrogens with zero attached hydrogens (tertiary/aromatic N) is 1. The Kier molecular flexibility index (Phi) is 4.79. The van der Waals surface area contributed by atoms with Gasteiger partial charge in [-0.2, -0.15) is 0 Å². The predicted molar refractivity (Wildman–Crippen MR) is 76.9 cm³/mol. The molecule has 2 nitrogen and oxygen atoms in total. The second-order valence-electron chi connectivity index (χ2n) is 4.15. The largest absolute Gasteiger partial charge is 0.313 e. The molecular weight excluding hydrogens is 240 g/mol. The zero-order valence-corrected chi connectivity index (χ0v) is 11.6. The van der Waals surface area contributed by atoms with E-state index in [1.54, 1.807) is 11.8 Å². The Hall–Kier alpha value is -1.32. The van der Waals surface area contributed by atoms with Crippen LogP contribution in [0.1, 0.15) is 18.1 Å². The fourth-order valence-electron chi connectivity index (χ4n) is 1.73. The van der Waals surface area contributed by atoms with Gasteiger partial charge in [0.1, 0.15) is 5.03 Å². The highest BCUT2D eigenvalue weighted by Gasteiger charge is 2.03. The standard InChI is InChI=1S/C15H18N2S/c1-3-16-11-13-7-8-14(12(2)10-13)18-15-6-4-5-9-17-15/h4-10,16H,3,11H2,1-2H3. The molecule has 1 aromatic heterocycles. The Bertz CT molecular complexity index is 497. The maximum atomic E-state index is 4.34. The second-order valence-corrected chi connectivity index (χ2v) is 5.21. The van der Waals surface area contributed by atoms with Gasteiger partial charge >= 0.3 is 0 Å². The van der Waals surface area contributed by atoms with E-state index in [9.17, 15) is 0 Å². The van der Waals surface area contributed by atoms with Gasteiger partial charge in [0.2, 0.25) is 0 Å². The molecule has 0 bridgehead atoms. The van der Waals surface area contributed by atoms with Gasteiger partial charge < -0.3 is 5.32 Å². The van der Waals surface area contributed by atoms with Gasteiger partial charge in [-0.3, -0.25) is 0 Å². The highest BCUT2D eigenvalue weighted by Crippen LogP contribution is 2.29. The normalized spacial score (nSPS) is 10.6. The number of aromatic nitrogens is 1. The number of hydrogen-bond acceptors (Lipinski definition) is 3. The van der Waals surface area contributed by atoms with Crippen LogP contribution in [-0.4, -0.2) is 11.5 Å². The van der Waals surface area contributed by atoms with Crippen molar-refractivity contribution in [2.75, 3.05) is 6.54 Å². The van der Waals surface area contributed by atoms with E-state index in [0.29, 0.717) is 0 Å². The SMILES string of the molecule is CCNCc1ccc(Sc2ccccn2)c(C)c1. The average Bonchev–Trinajstić information content (AvgIpc) is 2.40. The van der Waals surface area contributed by atoms with Crippen LogP contribution in [0.4, 0.5) is 0 Å². The lowest BCUT2D eigenvalue weighted by Gasteiger charge is -2.08. The smallest absolute Gasteiger partial charge is 0.101 e. The minimum Gasteiger partial charge on any atom is -0.313 e. The topological polar surface area (TPSA) is 24.9 Å². The highest BCUT2D eigenvalue weighted by molar-refractivity contribution is 7.99. The van der Waals surface area contributed by atoms with Gasteiger partial charge in [-0.25, -0.2) is 4.98 Å². The Balaban J connectivity index is 2.10. The first-order chi connectivity index (χ1) is 8.79. The first-order valence-corrected chi connectivity index (χ1v) is 7.00. The Morgan fingerprint density at radius 2 is 2.11 bits per heavy atom. The zero-order valence-electron chi connectivity index (χ0n) is 10.8. The van der Waals surface area contributed by atoms with Crippen molar-refractivity contribution in [1.29, 1.82) is 0 Å². The van der Waals surface area contributed by atoms with Crippen molar-refractivity contribution >= 4 is 11.8 Å². The Labute approximate surface area is 113 Å². The number of benzene rings is 1. The van der Waals surface area contributed by atoms with Crippen LogP contribution in [0.2, 0.25) is 0 Å². The summed E-state index contributed by atoms with van der Waals surface area (Å²) in [7, 11) is 0. The van der Waals surface area contributed by atoms with E-state index in [4.69, 9.17) is 0 Å². The molecule has 0 aliphatic rings. The Morgan fingerprint density at radius 3 is 2.78 bits per heavy atom. The molecule has 1 N–H and O–H groups in total. The van der Waals surface area contributed by atoms with Gasteiger partial charge in [-0.15, -0.1) is 0 Å². The molecule has 0 radical (unpaired) electrons. The lowest BCUT2D eigenvalue weighted by Crippen LogP contribution is -2.11. The van der Waals surface area contributed by atoms with Crippen molar-refractivity contribution in [3.8, 4) is 0 Å². The summed E-state index contributed by atoms with van der Waals surface area (Å²) in [4.78, 5) is 5.61. The van der Waals surface area contributed by atoms with E-state index < -0.39 is 0 Å². The van der Waals surface area contributed by atoms with Crippen LogP contribution in [0.3, 0.4) is 0 Å². The van der Waals surface area contributed by atoms with Gasteiger partial charge in [0.15, 0.2) is 0 Å². The van der Waals surface area contributed by atoms with Gasteiger partial charge in [0.05, 0.1) is 0 Å². The summed E-state index contributed by atoms with van der Waals surface area (Å²) < 4.78 is 0. The summed E-state index contributed by atoms with van der Waals surface area (Å²) in [5.74, 6) is 0. The molecule has 0 saturated heterocycles. The van der Waals surface area contributed by atoms with Crippen LogP contribution in [0.15, 0.2) is 52.5 Å². The van der Waals surface area contributed by atoms with E-state index in [1.165, 1.54) is 16.0 Å².